The minimum absolute atomic E-state index is 0.0619. The third-order valence-corrected chi connectivity index (χ3v) is 9.95. The van der Waals surface area contributed by atoms with Crippen molar-refractivity contribution < 1.29 is 37.0 Å². The van der Waals surface area contributed by atoms with Crippen LogP contribution in [0.4, 0.5) is 23.2 Å². The summed E-state index contributed by atoms with van der Waals surface area (Å²) in [4.78, 5) is 51.4. The molecule has 17 heteroatoms. The number of piperidine rings is 1. The lowest BCUT2D eigenvalue weighted by Crippen LogP contribution is -2.50. The number of alkyl halides is 3. The molecule has 3 aromatic heterocycles. The SMILES string of the molecule is O=C(Cn1c2c(c(=O)n3nc(C4=CCOCC4)nc13)C1(CCC2)CCN(C(=O)c2ncccc2O)CC1)Nc1cc(F)c(C(F)(F)F)cc1Cl. The van der Waals surface area contributed by atoms with Crippen LogP contribution in [-0.4, -0.2) is 72.3 Å². The molecule has 0 unspecified atom stereocenters. The summed E-state index contributed by atoms with van der Waals surface area (Å²) in [6.07, 6.45) is 1.28. The Morgan fingerprint density at radius 3 is 2.62 bits per heavy atom. The summed E-state index contributed by atoms with van der Waals surface area (Å²) in [7, 11) is 0. The first kappa shape index (κ1) is 33.7. The van der Waals surface area contributed by atoms with Gasteiger partial charge in [0.2, 0.25) is 11.7 Å². The molecule has 0 radical (unpaired) electrons. The Morgan fingerprint density at radius 2 is 1.92 bits per heavy atom. The molecule has 262 valence electrons. The van der Waals surface area contributed by atoms with Gasteiger partial charge >= 0.3 is 6.18 Å². The third kappa shape index (κ3) is 5.99. The zero-order chi connectivity index (χ0) is 35.4. The van der Waals surface area contributed by atoms with Crippen LogP contribution in [0.15, 0.2) is 41.3 Å². The minimum atomic E-state index is -4.98. The minimum Gasteiger partial charge on any atom is -0.505 e. The summed E-state index contributed by atoms with van der Waals surface area (Å²) in [5.41, 5.74) is -1.28. The van der Waals surface area contributed by atoms with Gasteiger partial charge in [-0.25, -0.2) is 9.37 Å². The van der Waals surface area contributed by atoms with E-state index in [0.717, 1.165) is 5.57 Å². The summed E-state index contributed by atoms with van der Waals surface area (Å²) in [5, 5.41) is 16.7. The van der Waals surface area contributed by atoms with Gasteiger partial charge < -0.3 is 24.6 Å². The highest BCUT2D eigenvalue weighted by atomic mass is 35.5. The Bertz CT molecular complexity index is 2120. The van der Waals surface area contributed by atoms with Crippen molar-refractivity contribution in [3.05, 3.63) is 86.1 Å². The second-order valence-corrected chi connectivity index (χ2v) is 13.0. The lowest BCUT2D eigenvalue weighted by molar-refractivity contribution is -0.140. The normalized spacial score (nSPS) is 17.5. The van der Waals surface area contributed by atoms with Crippen LogP contribution < -0.4 is 10.9 Å². The smallest absolute Gasteiger partial charge is 0.419 e. The van der Waals surface area contributed by atoms with Gasteiger partial charge in [0, 0.05) is 36.0 Å². The summed E-state index contributed by atoms with van der Waals surface area (Å²) >= 11 is 6.04. The number of carbonyl (C=O) groups is 2. The number of nitrogens with zero attached hydrogens (tertiary/aromatic N) is 6. The number of halogens is 5. The molecular formula is C33H30ClF4N7O5. The van der Waals surface area contributed by atoms with E-state index in [1.165, 1.54) is 22.8 Å². The van der Waals surface area contributed by atoms with E-state index in [1.807, 2.05) is 6.08 Å². The molecule has 3 aliphatic rings. The summed E-state index contributed by atoms with van der Waals surface area (Å²) in [5.74, 6) is -2.62. The molecule has 0 saturated carbocycles. The molecule has 0 bridgehead atoms. The predicted octanol–water partition coefficient (Wildman–Crippen LogP) is 4.76. The summed E-state index contributed by atoms with van der Waals surface area (Å²) in [6, 6.07) is 3.83. The number of aromatic hydroxyl groups is 1. The fourth-order valence-electron chi connectivity index (χ4n) is 7.19. The molecule has 1 aromatic carbocycles. The van der Waals surface area contributed by atoms with Crippen molar-refractivity contribution in [2.24, 2.45) is 0 Å². The Morgan fingerprint density at radius 1 is 1.14 bits per heavy atom. The molecule has 1 aliphatic carbocycles. The quantitative estimate of drug-likeness (QED) is 0.282. The van der Waals surface area contributed by atoms with Gasteiger partial charge in [-0.3, -0.25) is 14.4 Å². The maximum Gasteiger partial charge on any atom is 0.419 e. The van der Waals surface area contributed by atoms with Crippen molar-refractivity contribution in [2.45, 2.75) is 56.7 Å². The first-order valence-corrected chi connectivity index (χ1v) is 16.3. The molecule has 4 aromatic rings. The number of amides is 2. The van der Waals surface area contributed by atoms with Gasteiger partial charge in [0.25, 0.3) is 11.5 Å². The number of aromatic nitrogens is 5. The third-order valence-electron chi connectivity index (χ3n) is 9.64. The molecule has 2 aliphatic heterocycles. The Kier molecular flexibility index (Phi) is 8.62. The Labute approximate surface area is 286 Å². The highest BCUT2D eigenvalue weighted by molar-refractivity contribution is 6.33. The topological polar surface area (TPSA) is 144 Å². The van der Waals surface area contributed by atoms with Crippen LogP contribution in [0.2, 0.25) is 5.02 Å². The van der Waals surface area contributed by atoms with Crippen LogP contribution in [-0.2, 0) is 34.1 Å². The molecule has 50 heavy (non-hydrogen) atoms. The molecule has 7 rings (SSSR count). The van der Waals surface area contributed by atoms with Crippen molar-refractivity contribution in [3.63, 3.8) is 0 Å². The molecule has 1 saturated heterocycles. The van der Waals surface area contributed by atoms with E-state index in [1.54, 1.807) is 9.47 Å². The van der Waals surface area contributed by atoms with Crippen molar-refractivity contribution in [3.8, 4) is 5.75 Å². The zero-order valence-corrected chi connectivity index (χ0v) is 27.2. The average molecular weight is 716 g/mol. The average Bonchev–Trinajstić information content (AvgIpc) is 3.54. The van der Waals surface area contributed by atoms with Gasteiger partial charge in [0.05, 0.1) is 29.5 Å². The van der Waals surface area contributed by atoms with Crippen LogP contribution in [0.25, 0.3) is 11.4 Å². The Balaban J connectivity index is 1.27. The van der Waals surface area contributed by atoms with E-state index >= 15 is 0 Å². The lowest BCUT2D eigenvalue weighted by Gasteiger charge is -2.45. The van der Waals surface area contributed by atoms with Gasteiger partial charge in [-0.1, -0.05) is 17.7 Å². The number of benzene rings is 1. The number of hydrogen-bond acceptors (Lipinski definition) is 8. The van der Waals surface area contributed by atoms with E-state index in [0.29, 0.717) is 81.0 Å². The highest BCUT2D eigenvalue weighted by Crippen LogP contribution is 2.44. The zero-order valence-electron chi connectivity index (χ0n) is 26.4. The number of nitrogens with one attached hydrogen (secondary N) is 1. The fraction of sp³-hybridized carbons (Fsp3) is 0.394. The highest BCUT2D eigenvalue weighted by Gasteiger charge is 2.45. The van der Waals surface area contributed by atoms with E-state index in [-0.39, 0.29) is 36.0 Å². The van der Waals surface area contributed by atoms with Crippen molar-refractivity contribution in [2.75, 3.05) is 31.6 Å². The van der Waals surface area contributed by atoms with Crippen LogP contribution in [0.3, 0.4) is 0 Å². The molecule has 1 spiro atoms. The van der Waals surface area contributed by atoms with Crippen LogP contribution in [0, 0.1) is 5.82 Å². The van der Waals surface area contributed by atoms with Gasteiger partial charge in [0.1, 0.15) is 18.1 Å². The molecule has 12 nitrogen and oxygen atoms in total. The number of anilines is 1. The number of ether oxygens (including phenoxy) is 1. The predicted molar refractivity (Wildman–Crippen MR) is 171 cm³/mol. The number of fused-ring (bicyclic) bond motifs is 3. The van der Waals surface area contributed by atoms with E-state index in [9.17, 15) is 37.1 Å². The summed E-state index contributed by atoms with van der Waals surface area (Å²) in [6.45, 7) is 0.890. The molecule has 0 atom stereocenters. The van der Waals surface area contributed by atoms with Crippen LogP contribution in [0.5, 0.6) is 5.75 Å². The first-order chi connectivity index (χ1) is 23.9. The second-order valence-electron chi connectivity index (χ2n) is 12.6. The molecular weight excluding hydrogens is 686 g/mol. The van der Waals surface area contributed by atoms with Crippen LogP contribution >= 0.6 is 11.6 Å². The number of hydrogen-bond donors (Lipinski definition) is 2. The monoisotopic (exact) mass is 715 g/mol. The Hall–Kier alpha value is -4.83. The van der Waals surface area contributed by atoms with Gasteiger partial charge in [-0.2, -0.15) is 22.7 Å². The van der Waals surface area contributed by atoms with E-state index in [2.05, 4.69) is 20.4 Å². The van der Waals surface area contributed by atoms with Crippen LogP contribution in [0.1, 0.15) is 65.2 Å². The molecule has 2 amide bonds. The van der Waals surface area contributed by atoms with E-state index < -0.39 is 51.9 Å². The van der Waals surface area contributed by atoms with Crippen molar-refractivity contribution in [1.29, 1.82) is 0 Å². The maximum atomic E-state index is 14.4. The van der Waals surface area contributed by atoms with Gasteiger partial charge in [-0.05, 0) is 68.4 Å². The number of likely N-dealkylation sites (tertiary alicyclic amines) is 1. The summed E-state index contributed by atoms with van der Waals surface area (Å²) < 4.78 is 62.2. The largest absolute Gasteiger partial charge is 0.505 e. The molecule has 2 N–H and O–H groups in total. The first-order valence-electron chi connectivity index (χ1n) is 16.0. The van der Waals surface area contributed by atoms with Gasteiger partial charge in [0.15, 0.2) is 11.5 Å². The number of pyridine rings is 1. The second kappa shape index (κ2) is 12.8. The number of carbonyl (C=O) groups excluding carboxylic acids is 2. The van der Waals surface area contributed by atoms with Crippen molar-refractivity contribution in [1.82, 2.24) is 29.0 Å². The van der Waals surface area contributed by atoms with E-state index in [4.69, 9.17) is 16.3 Å². The lowest BCUT2D eigenvalue weighted by atomic mass is 9.66. The van der Waals surface area contributed by atoms with Crippen molar-refractivity contribution >= 4 is 40.5 Å². The molecule has 1 fully saturated rings. The van der Waals surface area contributed by atoms with Gasteiger partial charge in [-0.15, -0.1) is 5.10 Å². The fourth-order valence-corrected chi connectivity index (χ4v) is 7.40. The maximum absolute atomic E-state index is 14.4. The molecule has 5 heterocycles. The standard InChI is InChI=1S/C33H30ClF4N7O5/c34-20-15-19(33(36,37)38)21(35)16-22(20)40-25(47)17-44-23-3-1-7-32(8-11-43(12-9-32)30(49)27-24(46)4-2-10-39-27)26(23)29(48)45-31(44)41-28(42-45)18-5-13-50-14-6-18/h2,4-5,10,15-16,46H,1,3,6-9,11-14,17H2,(H,40,47). The number of rotatable bonds is 5.